The van der Waals surface area contributed by atoms with Gasteiger partial charge in [-0.1, -0.05) is 30.3 Å². The van der Waals surface area contributed by atoms with Crippen molar-refractivity contribution in [2.75, 3.05) is 5.73 Å². The minimum atomic E-state index is -4.45. The van der Waals surface area contributed by atoms with Crippen molar-refractivity contribution < 1.29 is 18.3 Å². The number of nitrogens with two attached hydrogens (primary N) is 1. The number of aliphatic hydroxyl groups excluding tert-OH is 1. The Balaban J connectivity index is 2.27. The van der Waals surface area contributed by atoms with E-state index in [4.69, 9.17) is 5.73 Å². The third-order valence-corrected chi connectivity index (χ3v) is 3.04. The van der Waals surface area contributed by atoms with Crippen LogP contribution in [0.4, 0.5) is 18.9 Å². The van der Waals surface area contributed by atoms with Gasteiger partial charge in [-0.25, -0.2) is 0 Å². The molecule has 2 rings (SSSR count). The Bertz CT molecular complexity index is 581. The Hall–Kier alpha value is -2.01. The first-order chi connectivity index (χ1) is 9.38. The molecule has 1 atom stereocenters. The van der Waals surface area contributed by atoms with Gasteiger partial charge in [0.15, 0.2) is 0 Å². The van der Waals surface area contributed by atoms with Crippen molar-refractivity contribution in [3.05, 3.63) is 65.2 Å². The average Bonchev–Trinajstić information content (AvgIpc) is 2.39. The van der Waals surface area contributed by atoms with Crippen molar-refractivity contribution in [1.29, 1.82) is 0 Å². The number of hydrogen-bond donors (Lipinski definition) is 2. The van der Waals surface area contributed by atoms with Crippen molar-refractivity contribution in [2.45, 2.75) is 18.7 Å². The normalized spacial score (nSPS) is 13.2. The quantitative estimate of drug-likeness (QED) is 0.845. The van der Waals surface area contributed by atoms with E-state index in [2.05, 4.69) is 0 Å². The largest absolute Gasteiger partial charge is 0.416 e. The van der Waals surface area contributed by atoms with Gasteiger partial charge in [0.1, 0.15) is 0 Å². The smallest absolute Gasteiger partial charge is 0.398 e. The number of anilines is 1. The van der Waals surface area contributed by atoms with Crippen molar-refractivity contribution in [3.63, 3.8) is 0 Å². The average molecular weight is 281 g/mol. The predicted octanol–water partition coefficient (Wildman–Crippen LogP) is 3.56. The van der Waals surface area contributed by atoms with E-state index in [9.17, 15) is 18.3 Å². The fourth-order valence-corrected chi connectivity index (χ4v) is 1.99. The number of aliphatic hydroxyl groups is 1. The molecule has 0 radical (unpaired) electrons. The molecule has 0 amide bonds. The second kappa shape index (κ2) is 5.54. The van der Waals surface area contributed by atoms with E-state index in [-0.39, 0.29) is 17.7 Å². The van der Waals surface area contributed by atoms with Crippen LogP contribution in [0.2, 0.25) is 0 Å². The molecule has 0 bridgehead atoms. The number of halogens is 3. The van der Waals surface area contributed by atoms with Crippen molar-refractivity contribution in [3.8, 4) is 0 Å². The molecule has 106 valence electrons. The van der Waals surface area contributed by atoms with Gasteiger partial charge in [0.25, 0.3) is 0 Å². The highest BCUT2D eigenvalue weighted by atomic mass is 19.4. The van der Waals surface area contributed by atoms with Crippen molar-refractivity contribution >= 4 is 5.69 Å². The first-order valence-electron chi connectivity index (χ1n) is 6.06. The standard InChI is InChI=1S/C15H14F3NO/c16-15(17,18)11-6-7-13(19)12(9-11)14(20)8-10-4-2-1-3-5-10/h1-7,9,14,20H,8,19H2. The third-order valence-electron chi connectivity index (χ3n) is 3.04. The maximum atomic E-state index is 12.7. The van der Waals surface area contributed by atoms with Crippen LogP contribution in [0.5, 0.6) is 0 Å². The minimum Gasteiger partial charge on any atom is -0.398 e. The van der Waals surface area contributed by atoms with Gasteiger partial charge < -0.3 is 10.8 Å². The van der Waals surface area contributed by atoms with Crippen LogP contribution in [-0.2, 0) is 12.6 Å². The Labute approximate surface area is 114 Å². The lowest BCUT2D eigenvalue weighted by atomic mass is 9.98. The Morgan fingerprint density at radius 1 is 1.05 bits per heavy atom. The van der Waals surface area contributed by atoms with E-state index in [0.29, 0.717) is 0 Å². The van der Waals surface area contributed by atoms with Crippen LogP contribution in [0, 0.1) is 0 Å². The van der Waals surface area contributed by atoms with E-state index < -0.39 is 17.8 Å². The van der Waals surface area contributed by atoms with Gasteiger partial charge >= 0.3 is 6.18 Å². The van der Waals surface area contributed by atoms with Gasteiger partial charge in [0.2, 0.25) is 0 Å². The van der Waals surface area contributed by atoms with Gasteiger partial charge in [-0.3, -0.25) is 0 Å². The second-order valence-electron chi connectivity index (χ2n) is 4.55. The lowest BCUT2D eigenvalue weighted by Gasteiger charge is -2.16. The van der Waals surface area contributed by atoms with Gasteiger partial charge in [0, 0.05) is 17.7 Å². The van der Waals surface area contributed by atoms with E-state index in [0.717, 1.165) is 17.7 Å². The number of nitrogen functional groups attached to an aromatic ring is 1. The molecule has 0 aliphatic carbocycles. The number of rotatable bonds is 3. The fourth-order valence-electron chi connectivity index (χ4n) is 1.99. The molecule has 0 aliphatic rings. The molecule has 1 unspecified atom stereocenters. The summed E-state index contributed by atoms with van der Waals surface area (Å²) in [5.74, 6) is 0. The summed E-state index contributed by atoms with van der Waals surface area (Å²) in [6.07, 6.45) is -5.30. The maximum absolute atomic E-state index is 12.7. The van der Waals surface area contributed by atoms with Gasteiger partial charge in [-0.05, 0) is 23.8 Å². The van der Waals surface area contributed by atoms with Gasteiger partial charge in [0.05, 0.1) is 11.7 Å². The molecule has 0 saturated heterocycles. The predicted molar refractivity (Wildman–Crippen MR) is 71.0 cm³/mol. The van der Waals surface area contributed by atoms with Gasteiger partial charge in [-0.15, -0.1) is 0 Å². The van der Waals surface area contributed by atoms with E-state index in [1.54, 1.807) is 24.3 Å². The summed E-state index contributed by atoms with van der Waals surface area (Å²) in [6.45, 7) is 0. The number of benzene rings is 2. The molecule has 0 fully saturated rings. The monoisotopic (exact) mass is 281 g/mol. The SMILES string of the molecule is Nc1ccc(C(F)(F)F)cc1C(O)Cc1ccccc1. The summed E-state index contributed by atoms with van der Waals surface area (Å²) in [6, 6.07) is 12.0. The highest BCUT2D eigenvalue weighted by molar-refractivity contribution is 5.50. The second-order valence-corrected chi connectivity index (χ2v) is 4.55. The summed E-state index contributed by atoms with van der Waals surface area (Å²) in [5, 5.41) is 10.1. The molecule has 20 heavy (non-hydrogen) atoms. The van der Waals surface area contributed by atoms with Crippen LogP contribution in [0.3, 0.4) is 0 Å². The molecule has 0 heterocycles. The molecule has 3 N–H and O–H groups in total. The topological polar surface area (TPSA) is 46.2 Å². The number of hydrogen-bond acceptors (Lipinski definition) is 2. The zero-order chi connectivity index (χ0) is 14.8. The number of alkyl halides is 3. The zero-order valence-electron chi connectivity index (χ0n) is 10.6. The highest BCUT2D eigenvalue weighted by Crippen LogP contribution is 2.33. The van der Waals surface area contributed by atoms with Crippen LogP contribution in [0.15, 0.2) is 48.5 Å². The summed E-state index contributed by atoms with van der Waals surface area (Å²) < 4.78 is 38.0. The molecule has 0 aliphatic heterocycles. The molecule has 2 nitrogen and oxygen atoms in total. The highest BCUT2D eigenvalue weighted by Gasteiger charge is 2.31. The van der Waals surface area contributed by atoms with Gasteiger partial charge in [-0.2, -0.15) is 13.2 Å². The molecule has 5 heteroatoms. The molecular formula is C15H14F3NO. The van der Waals surface area contributed by atoms with Crippen LogP contribution in [0.1, 0.15) is 22.8 Å². The molecule has 2 aromatic rings. The molecule has 0 saturated carbocycles. The fraction of sp³-hybridized carbons (Fsp3) is 0.200. The Kier molecular flexibility index (Phi) is 3.99. The first kappa shape index (κ1) is 14.4. The summed E-state index contributed by atoms with van der Waals surface area (Å²) >= 11 is 0. The maximum Gasteiger partial charge on any atom is 0.416 e. The van der Waals surface area contributed by atoms with E-state index in [1.807, 2.05) is 6.07 Å². The first-order valence-corrected chi connectivity index (χ1v) is 6.06. The lowest BCUT2D eigenvalue weighted by molar-refractivity contribution is -0.137. The molecule has 2 aromatic carbocycles. The summed E-state index contributed by atoms with van der Waals surface area (Å²) in [5.41, 5.74) is 5.93. The van der Waals surface area contributed by atoms with Crippen molar-refractivity contribution in [1.82, 2.24) is 0 Å². The zero-order valence-corrected chi connectivity index (χ0v) is 10.6. The van der Waals surface area contributed by atoms with Crippen molar-refractivity contribution in [2.24, 2.45) is 0 Å². The molecule has 0 spiro atoms. The van der Waals surface area contributed by atoms with Crippen LogP contribution in [-0.4, -0.2) is 5.11 Å². The molecule has 0 aromatic heterocycles. The van der Waals surface area contributed by atoms with Crippen LogP contribution < -0.4 is 5.73 Å². The Morgan fingerprint density at radius 2 is 1.70 bits per heavy atom. The van der Waals surface area contributed by atoms with E-state index in [1.165, 1.54) is 6.07 Å². The Morgan fingerprint density at radius 3 is 2.30 bits per heavy atom. The third kappa shape index (κ3) is 3.30. The van der Waals surface area contributed by atoms with Crippen LogP contribution in [0.25, 0.3) is 0 Å². The summed E-state index contributed by atoms with van der Waals surface area (Å²) in [4.78, 5) is 0. The summed E-state index contributed by atoms with van der Waals surface area (Å²) in [7, 11) is 0. The lowest BCUT2D eigenvalue weighted by Crippen LogP contribution is -2.10. The minimum absolute atomic E-state index is 0.101. The molecular weight excluding hydrogens is 267 g/mol. The van der Waals surface area contributed by atoms with Crippen LogP contribution >= 0.6 is 0 Å². The van der Waals surface area contributed by atoms with E-state index >= 15 is 0 Å².